The third kappa shape index (κ3) is 3.96. The molecule has 1 aromatic heterocycles. The summed E-state index contributed by atoms with van der Waals surface area (Å²) in [5.74, 6) is 1.03. The van der Waals surface area contributed by atoms with E-state index >= 15 is 0 Å². The van der Waals surface area contributed by atoms with Crippen LogP contribution in [0, 0.1) is 21.4 Å². The average molecular weight is 406 g/mol. The molecule has 0 bridgehead atoms. The Balaban J connectivity index is 2.22. The zero-order chi connectivity index (χ0) is 21.7. The minimum Gasteiger partial charge on any atom is -0.493 e. The lowest BCUT2D eigenvalue weighted by Crippen LogP contribution is -2.02. The number of nitriles is 1. The quantitative estimate of drug-likeness (QED) is 0.302. The molecular formula is C22H22N4O4. The fraction of sp³-hybridized carbons (Fsp3) is 0.273. The van der Waals surface area contributed by atoms with Crippen molar-refractivity contribution in [1.29, 1.82) is 5.26 Å². The van der Waals surface area contributed by atoms with E-state index in [-0.39, 0.29) is 23.6 Å². The number of benzene rings is 2. The number of fused-ring (bicyclic) bond motifs is 1. The molecule has 0 atom stereocenters. The highest BCUT2D eigenvalue weighted by Gasteiger charge is 2.21. The van der Waals surface area contributed by atoms with Gasteiger partial charge in [-0.25, -0.2) is 4.98 Å². The zero-order valence-corrected chi connectivity index (χ0v) is 17.1. The molecule has 0 saturated heterocycles. The minimum absolute atomic E-state index is 0.127. The number of rotatable bonds is 8. The minimum atomic E-state index is -0.509. The van der Waals surface area contributed by atoms with E-state index in [1.165, 1.54) is 12.1 Å². The lowest BCUT2D eigenvalue weighted by atomic mass is 10.1. The largest absolute Gasteiger partial charge is 0.493 e. The number of ether oxygens (including phenoxy) is 2. The number of aryl methyl sites for hydroxylation is 1. The monoisotopic (exact) mass is 406 g/mol. The molecule has 2 aromatic carbocycles. The van der Waals surface area contributed by atoms with Crippen LogP contribution in [-0.4, -0.2) is 27.7 Å². The van der Waals surface area contributed by atoms with Crippen molar-refractivity contribution in [3.8, 4) is 17.6 Å². The lowest BCUT2D eigenvalue weighted by molar-refractivity contribution is -0.385. The first-order chi connectivity index (χ1) is 14.5. The number of nitrogens with zero attached hydrogens (tertiary/aromatic N) is 4. The molecule has 0 aliphatic rings. The fourth-order valence-electron chi connectivity index (χ4n) is 3.28. The summed E-state index contributed by atoms with van der Waals surface area (Å²) in [5, 5.41) is 21.4. The normalized spacial score (nSPS) is 11.3. The first-order valence-corrected chi connectivity index (χ1v) is 9.69. The summed E-state index contributed by atoms with van der Waals surface area (Å²) < 4.78 is 13.0. The Bertz CT molecular complexity index is 1160. The number of aromatic nitrogens is 2. The van der Waals surface area contributed by atoms with E-state index in [4.69, 9.17) is 9.47 Å². The van der Waals surface area contributed by atoms with Crippen LogP contribution in [0.1, 0.15) is 32.2 Å². The smallest absolute Gasteiger partial charge is 0.311 e. The number of nitro benzene ring substituents is 1. The van der Waals surface area contributed by atoms with Crippen LogP contribution < -0.4 is 9.47 Å². The van der Waals surface area contributed by atoms with Crippen LogP contribution >= 0.6 is 0 Å². The molecule has 3 aromatic rings. The van der Waals surface area contributed by atoms with Crippen molar-refractivity contribution < 1.29 is 14.4 Å². The van der Waals surface area contributed by atoms with E-state index in [0.29, 0.717) is 30.3 Å². The summed E-state index contributed by atoms with van der Waals surface area (Å²) in [7, 11) is 0. The van der Waals surface area contributed by atoms with Gasteiger partial charge in [-0.3, -0.25) is 10.1 Å². The maximum absolute atomic E-state index is 11.5. The van der Waals surface area contributed by atoms with Crippen LogP contribution in [0.4, 0.5) is 5.69 Å². The maximum atomic E-state index is 11.5. The molecular weight excluding hydrogens is 384 g/mol. The van der Waals surface area contributed by atoms with Gasteiger partial charge in [0.15, 0.2) is 5.82 Å². The Morgan fingerprint density at radius 1 is 1.20 bits per heavy atom. The molecule has 8 heteroatoms. The maximum Gasteiger partial charge on any atom is 0.311 e. The van der Waals surface area contributed by atoms with Crippen molar-refractivity contribution in [3.63, 3.8) is 0 Å². The van der Waals surface area contributed by atoms with Gasteiger partial charge in [0.2, 0.25) is 5.75 Å². The van der Waals surface area contributed by atoms with Crippen molar-refractivity contribution in [2.75, 3.05) is 13.2 Å². The SMILES string of the molecule is CCOc1cc(OCC)c([N+](=O)[O-])cc1/C=C(/C#N)c1nc2ccccc2n1CC. The molecule has 0 spiro atoms. The van der Waals surface area contributed by atoms with Crippen LogP contribution in [-0.2, 0) is 6.54 Å². The second kappa shape index (κ2) is 9.09. The van der Waals surface area contributed by atoms with Crippen molar-refractivity contribution >= 4 is 28.4 Å². The van der Waals surface area contributed by atoms with Crippen molar-refractivity contribution in [3.05, 3.63) is 57.9 Å². The third-order valence-corrected chi connectivity index (χ3v) is 4.52. The molecule has 8 nitrogen and oxygen atoms in total. The number of allylic oxidation sites excluding steroid dienone is 1. The Labute approximate surface area is 174 Å². The van der Waals surface area contributed by atoms with Gasteiger partial charge >= 0.3 is 5.69 Å². The van der Waals surface area contributed by atoms with E-state index in [2.05, 4.69) is 11.1 Å². The number of nitro groups is 1. The van der Waals surface area contributed by atoms with E-state index < -0.39 is 4.92 Å². The van der Waals surface area contributed by atoms with Crippen molar-refractivity contribution in [2.24, 2.45) is 0 Å². The fourth-order valence-corrected chi connectivity index (χ4v) is 3.28. The van der Waals surface area contributed by atoms with Gasteiger partial charge in [0.05, 0.1) is 34.7 Å². The second-order valence-corrected chi connectivity index (χ2v) is 6.32. The van der Waals surface area contributed by atoms with Crippen LogP contribution in [0.15, 0.2) is 36.4 Å². The number of para-hydroxylation sites is 2. The Morgan fingerprint density at radius 2 is 1.90 bits per heavy atom. The van der Waals surface area contributed by atoms with E-state index in [9.17, 15) is 15.4 Å². The Hall–Kier alpha value is -3.86. The molecule has 0 N–H and O–H groups in total. The van der Waals surface area contributed by atoms with Crippen LogP contribution in [0.5, 0.6) is 11.5 Å². The molecule has 0 radical (unpaired) electrons. The molecule has 30 heavy (non-hydrogen) atoms. The van der Waals surface area contributed by atoms with Crippen molar-refractivity contribution in [2.45, 2.75) is 27.3 Å². The van der Waals surface area contributed by atoms with Gasteiger partial charge in [0.25, 0.3) is 0 Å². The molecule has 0 amide bonds. The molecule has 0 aliphatic carbocycles. The predicted molar refractivity (Wildman–Crippen MR) is 114 cm³/mol. The number of imidazole rings is 1. The molecule has 154 valence electrons. The second-order valence-electron chi connectivity index (χ2n) is 6.32. The zero-order valence-electron chi connectivity index (χ0n) is 17.1. The summed E-state index contributed by atoms with van der Waals surface area (Å²) in [5.41, 5.74) is 2.20. The van der Waals surface area contributed by atoms with Crippen LogP contribution in [0.25, 0.3) is 22.7 Å². The van der Waals surface area contributed by atoms with Gasteiger partial charge in [-0.2, -0.15) is 5.26 Å². The van der Waals surface area contributed by atoms with E-state index in [0.717, 1.165) is 11.0 Å². The molecule has 0 aliphatic heterocycles. The van der Waals surface area contributed by atoms with Gasteiger partial charge in [0, 0.05) is 24.2 Å². The van der Waals surface area contributed by atoms with Gasteiger partial charge < -0.3 is 14.0 Å². The molecule has 0 saturated carbocycles. The summed E-state index contributed by atoms with van der Waals surface area (Å²) in [6.07, 6.45) is 1.57. The molecule has 0 fully saturated rings. The Kier molecular flexibility index (Phi) is 6.32. The van der Waals surface area contributed by atoms with Crippen LogP contribution in [0.3, 0.4) is 0 Å². The van der Waals surface area contributed by atoms with Crippen LogP contribution in [0.2, 0.25) is 0 Å². The molecule has 1 heterocycles. The summed E-state index contributed by atoms with van der Waals surface area (Å²) in [6.45, 7) is 6.81. The van der Waals surface area contributed by atoms with Gasteiger partial charge in [0.1, 0.15) is 11.8 Å². The van der Waals surface area contributed by atoms with E-state index in [1.807, 2.05) is 42.7 Å². The average Bonchev–Trinajstić information content (AvgIpc) is 3.11. The number of hydrogen-bond acceptors (Lipinski definition) is 6. The highest BCUT2D eigenvalue weighted by molar-refractivity contribution is 5.92. The first kappa shape index (κ1) is 20.9. The summed E-state index contributed by atoms with van der Waals surface area (Å²) in [6, 6.07) is 12.7. The highest BCUT2D eigenvalue weighted by atomic mass is 16.6. The van der Waals surface area contributed by atoms with Gasteiger partial charge in [-0.15, -0.1) is 0 Å². The van der Waals surface area contributed by atoms with Gasteiger partial charge in [-0.05, 0) is 39.0 Å². The first-order valence-electron chi connectivity index (χ1n) is 9.69. The standard InChI is InChI=1S/C22H22N4O4/c1-4-25-18-10-8-7-9-17(18)24-22(25)16(14-23)11-15-12-19(26(27)28)21(30-6-3)13-20(15)29-5-2/h7-13H,4-6H2,1-3H3/b16-11-. The third-order valence-electron chi connectivity index (χ3n) is 4.52. The lowest BCUT2D eigenvalue weighted by Gasteiger charge is -2.12. The topological polar surface area (TPSA) is 103 Å². The van der Waals surface area contributed by atoms with Crippen molar-refractivity contribution in [1.82, 2.24) is 9.55 Å². The summed E-state index contributed by atoms with van der Waals surface area (Å²) in [4.78, 5) is 15.6. The molecule has 0 unspecified atom stereocenters. The van der Waals surface area contributed by atoms with Gasteiger partial charge in [-0.1, -0.05) is 12.1 Å². The Morgan fingerprint density at radius 3 is 2.53 bits per heavy atom. The molecule has 3 rings (SSSR count). The number of hydrogen-bond donors (Lipinski definition) is 0. The van der Waals surface area contributed by atoms with E-state index in [1.54, 1.807) is 13.0 Å². The predicted octanol–water partition coefficient (Wildman–Crippen LogP) is 4.83. The summed E-state index contributed by atoms with van der Waals surface area (Å²) >= 11 is 0. The highest BCUT2D eigenvalue weighted by Crippen LogP contribution is 2.37.